The first-order valence-electron chi connectivity index (χ1n) is 3.64. The minimum atomic E-state index is -5.15. The molecule has 0 saturated heterocycles. The van der Waals surface area contributed by atoms with Gasteiger partial charge in [-0.15, -0.1) is 13.2 Å². The summed E-state index contributed by atoms with van der Waals surface area (Å²) in [5.41, 5.74) is -1.17. The Bertz CT molecular complexity index is 596. The Morgan fingerprint density at radius 1 is 1.41 bits per heavy atom. The third-order valence-corrected chi connectivity index (χ3v) is 3.54. The molecule has 0 unspecified atom stereocenters. The van der Waals surface area contributed by atoms with Gasteiger partial charge in [0.25, 0.3) is 9.05 Å². The van der Waals surface area contributed by atoms with E-state index in [4.69, 9.17) is 10.7 Å². The average Bonchev–Trinajstić information content (AvgIpc) is 2.06. The third kappa shape index (κ3) is 3.74. The maximum Gasteiger partial charge on any atom is 0.574 e. The van der Waals surface area contributed by atoms with Crippen molar-refractivity contribution in [3.63, 3.8) is 0 Å². The largest absolute Gasteiger partial charge is 0.574 e. The summed E-state index contributed by atoms with van der Waals surface area (Å²) >= 11 is 1.44. The summed E-state index contributed by atoms with van der Waals surface area (Å²) in [5, 5.41) is 0. The number of aromatic amines is 1. The fraction of sp³-hybridized carbons (Fsp3) is 0.167. The summed E-state index contributed by atoms with van der Waals surface area (Å²) < 4.78 is 61.1. The van der Waals surface area contributed by atoms with E-state index < -0.39 is 31.6 Å². The van der Waals surface area contributed by atoms with Gasteiger partial charge in [-0.1, -0.05) is 0 Å². The number of hydrogen-bond donors (Lipinski definition) is 1. The molecule has 1 N–H and O–H groups in total. The minimum absolute atomic E-state index is 0.142. The maximum atomic E-state index is 12.0. The van der Waals surface area contributed by atoms with E-state index in [1.165, 1.54) is 22.6 Å². The van der Waals surface area contributed by atoms with Crippen molar-refractivity contribution in [1.29, 1.82) is 0 Å². The van der Waals surface area contributed by atoms with Crippen molar-refractivity contribution in [3.05, 3.63) is 20.0 Å². The first kappa shape index (κ1) is 14.6. The fourth-order valence-electron chi connectivity index (χ4n) is 0.885. The molecule has 0 radical (unpaired) electrons. The van der Waals surface area contributed by atoms with Crippen LogP contribution in [0.2, 0.25) is 0 Å². The monoisotopic (exact) mass is 403 g/mol. The van der Waals surface area contributed by atoms with Crippen LogP contribution in [0.1, 0.15) is 0 Å². The Labute approximate surface area is 110 Å². The molecule has 0 aliphatic heterocycles. The first-order valence-corrected chi connectivity index (χ1v) is 7.03. The van der Waals surface area contributed by atoms with Gasteiger partial charge in [-0.2, -0.15) is 0 Å². The van der Waals surface area contributed by atoms with Crippen LogP contribution in [0.4, 0.5) is 13.2 Å². The molecule has 0 atom stereocenters. The highest BCUT2D eigenvalue weighted by Gasteiger charge is 2.35. The lowest BCUT2D eigenvalue weighted by Gasteiger charge is -2.10. The second-order valence-corrected chi connectivity index (χ2v) is 6.27. The van der Waals surface area contributed by atoms with E-state index in [-0.39, 0.29) is 3.57 Å². The number of H-pyrrole nitrogens is 1. The van der Waals surface area contributed by atoms with E-state index in [0.29, 0.717) is 0 Å². The molecule has 11 heteroatoms. The molecule has 0 amide bonds. The molecule has 0 aliphatic rings. The molecule has 0 bridgehead atoms. The summed E-state index contributed by atoms with van der Waals surface area (Å²) in [4.78, 5) is 12.0. The van der Waals surface area contributed by atoms with Crippen LogP contribution < -0.4 is 10.2 Å². The van der Waals surface area contributed by atoms with Crippen LogP contribution in [0.3, 0.4) is 0 Å². The molecule has 5 nitrogen and oxygen atoms in total. The Morgan fingerprint density at radius 3 is 2.35 bits per heavy atom. The molecular weight excluding hydrogens is 401 g/mol. The maximum absolute atomic E-state index is 12.0. The predicted octanol–water partition coefficient (Wildman–Crippen LogP) is 1.81. The van der Waals surface area contributed by atoms with E-state index in [2.05, 4.69) is 4.74 Å². The van der Waals surface area contributed by atoms with Crippen LogP contribution in [0.5, 0.6) is 5.88 Å². The van der Waals surface area contributed by atoms with E-state index in [9.17, 15) is 26.4 Å². The van der Waals surface area contributed by atoms with Crippen molar-refractivity contribution in [2.75, 3.05) is 0 Å². The van der Waals surface area contributed by atoms with Crippen LogP contribution in [0.15, 0.2) is 15.9 Å². The summed E-state index contributed by atoms with van der Waals surface area (Å²) in [6, 6.07) is 0. The SMILES string of the molecule is O=c1c(I)c[nH]c(OC(F)(F)F)c1S(=O)(=O)Cl. The number of rotatable bonds is 2. The molecule has 0 saturated carbocycles. The minimum Gasteiger partial charge on any atom is -0.388 e. The lowest BCUT2D eigenvalue weighted by molar-refractivity contribution is -0.277. The number of halogens is 5. The summed E-state index contributed by atoms with van der Waals surface area (Å²) in [6.07, 6.45) is -4.28. The van der Waals surface area contributed by atoms with Crippen LogP contribution in [-0.4, -0.2) is 19.8 Å². The van der Waals surface area contributed by atoms with Gasteiger partial charge < -0.3 is 9.72 Å². The van der Waals surface area contributed by atoms with Gasteiger partial charge in [-0.05, 0) is 22.6 Å². The van der Waals surface area contributed by atoms with Gasteiger partial charge in [-0.25, -0.2) is 8.42 Å². The summed E-state index contributed by atoms with van der Waals surface area (Å²) in [5.74, 6) is -1.27. The zero-order chi connectivity index (χ0) is 13.4. The van der Waals surface area contributed by atoms with Crippen LogP contribution in [0, 0.1) is 3.57 Å². The first-order chi connectivity index (χ1) is 7.52. The highest BCUT2D eigenvalue weighted by Crippen LogP contribution is 2.27. The normalized spacial score (nSPS) is 12.5. The van der Waals surface area contributed by atoms with Gasteiger partial charge in [0.2, 0.25) is 11.3 Å². The van der Waals surface area contributed by atoms with Crippen molar-refractivity contribution in [2.45, 2.75) is 11.3 Å². The number of ether oxygens (including phenoxy) is 1. The van der Waals surface area contributed by atoms with Gasteiger partial charge in [-0.3, -0.25) is 4.79 Å². The lowest BCUT2D eigenvalue weighted by Crippen LogP contribution is -2.23. The molecule has 96 valence electrons. The number of hydrogen-bond acceptors (Lipinski definition) is 4. The summed E-state index contributed by atoms with van der Waals surface area (Å²) in [6.45, 7) is 0. The van der Waals surface area contributed by atoms with Crippen molar-refractivity contribution in [3.8, 4) is 5.88 Å². The zero-order valence-corrected chi connectivity index (χ0v) is 11.2. The highest BCUT2D eigenvalue weighted by molar-refractivity contribution is 14.1. The van der Waals surface area contributed by atoms with Gasteiger partial charge in [0.05, 0.1) is 3.57 Å². The van der Waals surface area contributed by atoms with Gasteiger partial charge in [0.15, 0.2) is 4.90 Å². The van der Waals surface area contributed by atoms with E-state index in [1.54, 1.807) is 0 Å². The molecule has 1 aromatic rings. The Morgan fingerprint density at radius 2 is 1.94 bits per heavy atom. The second-order valence-electron chi connectivity index (χ2n) is 2.61. The fourth-order valence-corrected chi connectivity index (χ4v) is 2.57. The zero-order valence-electron chi connectivity index (χ0n) is 7.51. The third-order valence-electron chi connectivity index (χ3n) is 1.42. The number of pyridine rings is 1. The molecule has 1 rings (SSSR count). The quantitative estimate of drug-likeness (QED) is 0.604. The smallest absolute Gasteiger partial charge is 0.388 e. The van der Waals surface area contributed by atoms with Crippen LogP contribution in [-0.2, 0) is 9.05 Å². The van der Waals surface area contributed by atoms with E-state index in [1.807, 2.05) is 4.98 Å². The molecule has 0 aliphatic carbocycles. The topological polar surface area (TPSA) is 76.2 Å². The average molecular weight is 404 g/mol. The van der Waals surface area contributed by atoms with E-state index in [0.717, 1.165) is 6.20 Å². The Balaban J connectivity index is 3.54. The van der Waals surface area contributed by atoms with Gasteiger partial charge >= 0.3 is 6.36 Å². The van der Waals surface area contributed by atoms with Crippen molar-refractivity contribution in [2.24, 2.45) is 0 Å². The van der Waals surface area contributed by atoms with Crippen molar-refractivity contribution in [1.82, 2.24) is 4.98 Å². The van der Waals surface area contributed by atoms with Gasteiger partial charge in [0, 0.05) is 16.9 Å². The standard InChI is InChI=1S/C6H2ClF3INO4S/c7-17(14,15)4-3(13)2(11)1-12-5(4)16-6(8,9)10/h1H,(H,12,13). The molecule has 0 aromatic carbocycles. The lowest BCUT2D eigenvalue weighted by atomic mass is 10.5. The second kappa shape index (κ2) is 4.65. The highest BCUT2D eigenvalue weighted by atomic mass is 127. The predicted molar refractivity (Wildman–Crippen MR) is 59.5 cm³/mol. The Kier molecular flexibility index (Phi) is 3.98. The molecular formula is C6H2ClF3INO4S. The van der Waals surface area contributed by atoms with Crippen LogP contribution in [0.25, 0.3) is 0 Å². The molecule has 0 spiro atoms. The number of alkyl halides is 3. The molecule has 17 heavy (non-hydrogen) atoms. The van der Waals surface area contributed by atoms with Crippen molar-refractivity contribution < 1.29 is 26.3 Å². The molecule has 0 fully saturated rings. The van der Waals surface area contributed by atoms with E-state index >= 15 is 0 Å². The molecule has 1 heterocycles. The molecule has 1 aromatic heterocycles. The number of aromatic nitrogens is 1. The van der Waals surface area contributed by atoms with Crippen molar-refractivity contribution >= 4 is 42.3 Å². The Hall–Kier alpha value is -0.490. The van der Waals surface area contributed by atoms with Gasteiger partial charge in [0.1, 0.15) is 0 Å². The van der Waals surface area contributed by atoms with Crippen LogP contribution >= 0.6 is 33.3 Å². The number of nitrogens with one attached hydrogen (secondary N) is 1. The summed E-state index contributed by atoms with van der Waals surface area (Å²) in [7, 11) is 0.211.